The van der Waals surface area contributed by atoms with Gasteiger partial charge in [0.05, 0.1) is 5.69 Å². The quantitative estimate of drug-likeness (QED) is 0.884. The summed E-state index contributed by atoms with van der Waals surface area (Å²) in [6.45, 7) is 5.66. The fraction of sp³-hybridized carbons (Fsp3) is 0.294. The molecule has 3 heteroatoms. The van der Waals surface area contributed by atoms with Crippen molar-refractivity contribution in [2.24, 2.45) is 0 Å². The van der Waals surface area contributed by atoms with Crippen LogP contribution in [0, 0.1) is 12.7 Å². The Balaban J connectivity index is 2.21. The molecule has 106 valence electrons. The molecule has 0 aliphatic heterocycles. The molecule has 0 amide bonds. The Morgan fingerprint density at radius 3 is 2.40 bits per heavy atom. The number of halogens is 1. The van der Waals surface area contributed by atoms with Crippen LogP contribution in [0.25, 0.3) is 0 Å². The van der Waals surface area contributed by atoms with Crippen LogP contribution >= 0.6 is 0 Å². The number of nitrogens with zero attached hydrogens (tertiary/aromatic N) is 1. The number of aryl methyl sites for hydroxylation is 1. The van der Waals surface area contributed by atoms with Crippen LogP contribution in [0.15, 0.2) is 42.5 Å². The summed E-state index contributed by atoms with van der Waals surface area (Å²) in [6, 6.07) is 13.5. The topological polar surface area (TPSA) is 15.3 Å². The van der Waals surface area contributed by atoms with E-state index < -0.39 is 0 Å². The summed E-state index contributed by atoms with van der Waals surface area (Å²) in [6.07, 6.45) is 0. The molecule has 2 aromatic carbocycles. The maximum atomic E-state index is 14.2. The molecule has 0 heterocycles. The summed E-state index contributed by atoms with van der Waals surface area (Å²) in [7, 11) is 1.88. The molecule has 2 aromatic rings. The van der Waals surface area contributed by atoms with Crippen molar-refractivity contribution in [3.05, 3.63) is 59.4 Å². The number of nitrogens with one attached hydrogen (secondary N) is 1. The predicted octanol–water partition coefficient (Wildman–Crippen LogP) is 4.01. The fourth-order valence-corrected chi connectivity index (χ4v) is 2.11. The monoisotopic (exact) mass is 272 g/mol. The zero-order valence-corrected chi connectivity index (χ0v) is 12.3. The molecule has 0 unspecified atom stereocenters. The van der Waals surface area contributed by atoms with E-state index in [-0.39, 0.29) is 5.82 Å². The highest BCUT2D eigenvalue weighted by atomic mass is 19.1. The zero-order chi connectivity index (χ0) is 14.5. The SMILES string of the molecule is CCNCc1ccc(N(C)c2ccc(C)cc2)c(F)c1. The van der Waals surface area contributed by atoms with Crippen molar-refractivity contribution in [1.82, 2.24) is 5.32 Å². The highest BCUT2D eigenvalue weighted by Gasteiger charge is 2.10. The van der Waals surface area contributed by atoms with Crippen LogP contribution in [0.3, 0.4) is 0 Å². The third-order valence-corrected chi connectivity index (χ3v) is 3.37. The lowest BCUT2D eigenvalue weighted by Crippen LogP contribution is -2.14. The van der Waals surface area contributed by atoms with Gasteiger partial charge in [0.1, 0.15) is 5.82 Å². The van der Waals surface area contributed by atoms with Crippen molar-refractivity contribution in [2.75, 3.05) is 18.5 Å². The second-order valence-corrected chi connectivity index (χ2v) is 4.96. The molecule has 0 spiro atoms. The van der Waals surface area contributed by atoms with E-state index in [2.05, 4.69) is 5.32 Å². The maximum Gasteiger partial charge on any atom is 0.147 e. The zero-order valence-electron chi connectivity index (χ0n) is 12.3. The van der Waals surface area contributed by atoms with Gasteiger partial charge in [0.2, 0.25) is 0 Å². The van der Waals surface area contributed by atoms with E-state index in [9.17, 15) is 4.39 Å². The Morgan fingerprint density at radius 2 is 1.80 bits per heavy atom. The molecule has 0 aliphatic carbocycles. The van der Waals surface area contributed by atoms with E-state index in [1.54, 1.807) is 6.07 Å². The first-order valence-corrected chi connectivity index (χ1v) is 6.91. The Kier molecular flexibility index (Phi) is 4.74. The van der Waals surface area contributed by atoms with Gasteiger partial charge in [-0.3, -0.25) is 0 Å². The average molecular weight is 272 g/mol. The van der Waals surface area contributed by atoms with Crippen molar-refractivity contribution in [2.45, 2.75) is 20.4 Å². The van der Waals surface area contributed by atoms with Crippen molar-refractivity contribution < 1.29 is 4.39 Å². The van der Waals surface area contributed by atoms with Gasteiger partial charge < -0.3 is 10.2 Å². The van der Waals surface area contributed by atoms with Crippen LogP contribution in [0.2, 0.25) is 0 Å². The van der Waals surface area contributed by atoms with Gasteiger partial charge in [-0.1, -0.05) is 30.7 Å². The van der Waals surface area contributed by atoms with Crippen LogP contribution in [-0.2, 0) is 6.54 Å². The summed E-state index contributed by atoms with van der Waals surface area (Å²) in [5.74, 6) is -0.191. The molecule has 0 aliphatic rings. The van der Waals surface area contributed by atoms with Crippen molar-refractivity contribution in [1.29, 1.82) is 0 Å². The third kappa shape index (κ3) is 3.36. The first-order valence-electron chi connectivity index (χ1n) is 6.91. The van der Waals surface area contributed by atoms with Gasteiger partial charge in [0.25, 0.3) is 0 Å². The number of benzene rings is 2. The Labute approximate surface area is 120 Å². The Hall–Kier alpha value is -1.87. The highest BCUT2D eigenvalue weighted by Crippen LogP contribution is 2.27. The van der Waals surface area contributed by atoms with E-state index >= 15 is 0 Å². The molecule has 0 radical (unpaired) electrons. The number of hydrogen-bond acceptors (Lipinski definition) is 2. The lowest BCUT2D eigenvalue weighted by Gasteiger charge is -2.20. The van der Waals surface area contributed by atoms with Gasteiger partial charge >= 0.3 is 0 Å². The lowest BCUT2D eigenvalue weighted by molar-refractivity contribution is 0.622. The van der Waals surface area contributed by atoms with E-state index in [1.165, 1.54) is 5.56 Å². The smallest absolute Gasteiger partial charge is 0.147 e. The first kappa shape index (κ1) is 14.5. The van der Waals surface area contributed by atoms with Gasteiger partial charge in [0, 0.05) is 19.3 Å². The largest absolute Gasteiger partial charge is 0.342 e. The normalized spacial score (nSPS) is 10.6. The van der Waals surface area contributed by atoms with E-state index in [0.717, 1.165) is 17.8 Å². The first-order chi connectivity index (χ1) is 9.61. The minimum atomic E-state index is -0.191. The predicted molar refractivity (Wildman–Crippen MR) is 83.0 cm³/mol. The Bertz CT molecular complexity index is 564. The average Bonchev–Trinajstić information content (AvgIpc) is 2.45. The minimum Gasteiger partial charge on any atom is -0.342 e. The Morgan fingerprint density at radius 1 is 1.10 bits per heavy atom. The molecule has 0 atom stereocenters. The summed E-state index contributed by atoms with van der Waals surface area (Å²) >= 11 is 0. The van der Waals surface area contributed by atoms with Gasteiger partial charge in [-0.05, 0) is 43.3 Å². The van der Waals surface area contributed by atoms with Gasteiger partial charge in [-0.15, -0.1) is 0 Å². The summed E-state index contributed by atoms with van der Waals surface area (Å²) in [5.41, 5.74) is 3.73. The van der Waals surface area contributed by atoms with Gasteiger partial charge in [-0.2, -0.15) is 0 Å². The van der Waals surface area contributed by atoms with E-state index in [1.807, 2.05) is 62.2 Å². The van der Waals surface area contributed by atoms with Crippen LogP contribution in [0.1, 0.15) is 18.1 Å². The van der Waals surface area contributed by atoms with Gasteiger partial charge in [0.15, 0.2) is 0 Å². The molecule has 0 saturated heterocycles. The molecule has 0 fully saturated rings. The molecular weight excluding hydrogens is 251 g/mol. The van der Waals surface area contributed by atoms with E-state index in [4.69, 9.17) is 0 Å². The van der Waals surface area contributed by atoms with Crippen LogP contribution in [0.5, 0.6) is 0 Å². The molecule has 1 N–H and O–H groups in total. The number of rotatable bonds is 5. The van der Waals surface area contributed by atoms with E-state index in [0.29, 0.717) is 12.2 Å². The standard InChI is InChI=1S/C17H21FN2/c1-4-19-12-14-7-10-17(16(18)11-14)20(3)15-8-5-13(2)6-9-15/h5-11,19H,4,12H2,1-3H3. The molecule has 0 saturated carbocycles. The second kappa shape index (κ2) is 6.53. The number of anilines is 2. The molecule has 2 rings (SSSR count). The molecule has 2 nitrogen and oxygen atoms in total. The van der Waals surface area contributed by atoms with Crippen molar-refractivity contribution in [3.63, 3.8) is 0 Å². The molecule has 0 bridgehead atoms. The van der Waals surface area contributed by atoms with Gasteiger partial charge in [-0.25, -0.2) is 4.39 Å². The van der Waals surface area contributed by atoms with Crippen LogP contribution < -0.4 is 10.2 Å². The lowest BCUT2D eigenvalue weighted by atomic mass is 10.1. The summed E-state index contributed by atoms with van der Waals surface area (Å²) in [5, 5.41) is 3.20. The fourth-order valence-electron chi connectivity index (χ4n) is 2.11. The number of hydrogen-bond donors (Lipinski definition) is 1. The summed E-state index contributed by atoms with van der Waals surface area (Å²) < 4.78 is 14.2. The molecular formula is C17H21FN2. The minimum absolute atomic E-state index is 0.191. The second-order valence-electron chi connectivity index (χ2n) is 4.96. The van der Waals surface area contributed by atoms with Crippen LogP contribution in [0.4, 0.5) is 15.8 Å². The maximum absolute atomic E-state index is 14.2. The highest BCUT2D eigenvalue weighted by molar-refractivity contribution is 5.63. The van der Waals surface area contributed by atoms with Crippen LogP contribution in [-0.4, -0.2) is 13.6 Å². The summed E-state index contributed by atoms with van der Waals surface area (Å²) in [4.78, 5) is 1.87. The van der Waals surface area contributed by atoms with Crippen molar-refractivity contribution >= 4 is 11.4 Å². The molecule has 20 heavy (non-hydrogen) atoms. The molecule has 0 aromatic heterocycles. The van der Waals surface area contributed by atoms with Crippen molar-refractivity contribution in [3.8, 4) is 0 Å². The third-order valence-electron chi connectivity index (χ3n) is 3.37.